The molecule has 0 radical (unpaired) electrons. The molecule has 2 rings (SSSR count). The highest BCUT2D eigenvalue weighted by atomic mass is 127. The predicted octanol–water partition coefficient (Wildman–Crippen LogP) is 5.21. The lowest BCUT2D eigenvalue weighted by molar-refractivity contribution is 1.15. The van der Waals surface area contributed by atoms with E-state index < -0.39 is 0 Å². The summed E-state index contributed by atoms with van der Waals surface area (Å²) in [6.07, 6.45) is 0. The van der Waals surface area contributed by atoms with Crippen molar-refractivity contribution in [3.05, 3.63) is 61.6 Å². The van der Waals surface area contributed by atoms with Crippen LogP contribution in [0.1, 0.15) is 5.56 Å². The van der Waals surface area contributed by atoms with Crippen molar-refractivity contribution in [2.45, 2.75) is 6.54 Å². The summed E-state index contributed by atoms with van der Waals surface area (Å²) in [5.74, 6) is 0. The van der Waals surface area contributed by atoms with Crippen molar-refractivity contribution in [3.8, 4) is 0 Å². The number of rotatable bonds is 3. The Morgan fingerprint density at radius 3 is 2.53 bits per heavy atom. The molecule has 2 aromatic rings. The van der Waals surface area contributed by atoms with Gasteiger partial charge in [-0.05, 0) is 52.4 Å². The van der Waals surface area contributed by atoms with Gasteiger partial charge < -0.3 is 5.32 Å². The minimum Gasteiger partial charge on any atom is -0.380 e. The van der Waals surface area contributed by atoms with E-state index in [1.165, 1.54) is 0 Å². The molecule has 1 nitrogen and oxygen atoms in total. The van der Waals surface area contributed by atoms with Crippen LogP contribution in [0.25, 0.3) is 0 Å². The van der Waals surface area contributed by atoms with Crippen molar-refractivity contribution in [1.82, 2.24) is 0 Å². The summed E-state index contributed by atoms with van der Waals surface area (Å²) in [6, 6.07) is 13.6. The van der Waals surface area contributed by atoms with E-state index in [0.717, 1.165) is 24.9 Å². The Hall–Kier alpha value is -0.450. The standard InChI is InChI=1S/C13H10Cl2IN/c14-11-4-2-1-3-9(11)8-17-13-7-10(16)5-6-12(13)15/h1-7,17H,8H2. The maximum atomic E-state index is 6.10. The third-order valence-electron chi connectivity index (χ3n) is 2.36. The van der Waals surface area contributed by atoms with E-state index in [2.05, 4.69) is 27.9 Å². The summed E-state index contributed by atoms with van der Waals surface area (Å²) in [5.41, 5.74) is 1.99. The van der Waals surface area contributed by atoms with Gasteiger partial charge in [0.25, 0.3) is 0 Å². The second kappa shape index (κ2) is 5.94. The van der Waals surface area contributed by atoms with E-state index in [4.69, 9.17) is 23.2 Å². The largest absolute Gasteiger partial charge is 0.380 e. The maximum absolute atomic E-state index is 6.10. The molecule has 0 aliphatic carbocycles. The lowest BCUT2D eigenvalue weighted by atomic mass is 10.2. The number of hydrogen-bond donors (Lipinski definition) is 1. The molecule has 0 unspecified atom stereocenters. The smallest absolute Gasteiger partial charge is 0.0638 e. The molecular formula is C13H10Cl2IN. The molecule has 4 heteroatoms. The first-order valence-corrected chi connectivity index (χ1v) is 6.92. The van der Waals surface area contributed by atoms with E-state index in [1.807, 2.05) is 42.5 Å². The van der Waals surface area contributed by atoms with Crippen LogP contribution < -0.4 is 5.32 Å². The average molecular weight is 378 g/mol. The van der Waals surface area contributed by atoms with Gasteiger partial charge in [0.1, 0.15) is 0 Å². The van der Waals surface area contributed by atoms with Gasteiger partial charge in [-0.2, -0.15) is 0 Å². The molecule has 0 heterocycles. The molecule has 1 N–H and O–H groups in total. The summed E-state index contributed by atoms with van der Waals surface area (Å²) in [6.45, 7) is 0.666. The topological polar surface area (TPSA) is 12.0 Å². The molecule has 0 saturated carbocycles. The van der Waals surface area contributed by atoms with Gasteiger partial charge in [-0.3, -0.25) is 0 Å². The lowest BCUT2D eigenvalue weighted by Crippen LogP contribution is -2.00. The second-order valence-corrected chi connectivity index (χ2v) is 5.63. The fourth-order valence-electron chi connectivity index (χ4n) is 1.47. The normalized spacial score (nSPS) is 10.3. The zero-order chi connectivity index (χ0) is 12.3. The van der Waals surface area contributed by atoms with E-state index >= 15 is 0 Å². The lowest BCUT2D eigenvalue weighted by Gasteiger charge is -2.10. The van der Waals surface area contributed by atoms with Crippen molar-refractivity contribution < 1.29 is 0 Å². The molecule has 2 aromatic carbocycles. The van der Waals surface area contributed by atoms with E-state index in [9.17, 15) is 0 Å². The highest BCUT2D eigenvalue weighted by Crippen LogP contribution is 2.25. The van der Waals surface area contributed by atoms with Gasteiger partial charge in [-0.1, -0.05) is 41.4 Å². The summed E-state index contributed by atoms with van der Waals surface area (Å²) in [5, 5.41) is 4.78. The first kappa shape index (κ1) is 13.0. The molecule has 0 aliphatic rings. The molecule has 0 spiro atoms. The van der Waals surface area contributed by atoms with Crippen LogP contribution in [0.15, 0.2) is 42.5 Å². The van der Waals surface area contributed by atoms with E-state index in [0.29, 0.717) is 6.54 Å². The number of halogens is 3. The van der Waals surface area contributed by atoms with Gasteiger partial charge >= 0.3 is 0 Å². The van der Waals surface area contributed by atoms with E-state index in [1.54, 1.807) is 0 Å². The first-order chi connectivity index (χ1) is 8.16. The molecule has 0 aliphatic heterocycles. The zero-order valence-electron chi connectivity index (χ0n) is 8.88. The van der Waals surface area contributed by atoms with Crippen LogP contribution >= 0.6 is 45.8 Å². The van der Waals surface area contributed by atoms with Crippen LogP contribution in [0.2, 0.25) is 10.0 Å². The Morgan fingerprint density at radius 2 is 1.76 bits per heavy atom. The molecule has 0 saturated heterocycles. The Balaban J connectivity index is 2.12. The van der Waals surface area contributed by atoms with Gasteiger partial charge in [0, 0.05) is 15.1 Å². The van der Waals surface area contributed by atoms with E-state index in [-0.39, 0.29) is 0 Å². The predicted molar refractivity (Wildman–Crippen MR) is 82.9 cm³/mol. The van der Waals surface area contributed by atoms with Crippen molar-refractivity contribution in [1.29, 1.82) is 0 Å². The van der Waals surface area contributed by atoms with Crippen LogP contribution in [-0.2, 0) is 6.54 Å². The van der Waals surface area contributed by atoms with Gasteiger partial charge in [-0.25, -0.2) is 0 Å². The van der Waals surface area contributed by atoms with Crippen molar-refractivity contribution in [3.63, 3.8) is 0 Å². The minimum atomic E-state index is 0.666. The molecular weight excluding hydrogens is 368 g/mol. The second-order valence-electron chi connectivity index (χ2n) is 3.57. The third-order valence-corrected chi connectivity index (χ3v) is 3.72. The number of nitrogens with one attached hydrogen (secondary N) is 1. The van der Waals surface area contributed by atoms with Crippen LogP contribution in [0.3, 0.4) is 0 Å². The molecule has 0 aromatic heterocycles. The molecule has 0 fully saturated rings. The Bertz CT molecular complexity index is 529. The van der Waals surface area contributed by atoms with Crippen LogP contribution in [0, 0.1) is 3.57 Å². The Labute approximate surface area is 124 Å². The Morgan fingerprint density at radius 1 is 1.00 bits per heavy atom. The van der Waals surface area contributed by atoms with Gasteiger partial charge in [0.2, 0.25) is 0 Å². The van der Waals surface area contributed by atoms with Crippen molar-refractivity contribution in [2.24, 2.45) is 0 Å². The molecule has 0 bridgehead atoms. The summed E-state index contributed by atoms with van der Waals surface area (Å²) < 4.78 is 1.15. The van der Waals surface area contributed by atoms with Crippen LogP contribution in [-0.4, -0.2) is 0 Å². The quantitative estimate of drug-likeness (QED) is 0.724. The first-order valence-electron chi connectivity index (χ1n) is 5.09. The zero-order valence-corrected chi connectivity index (χ0v) is 12.6. The SMILES string of the molecule is Clc1ccccc1CNc1cc(I)ccc1Cl. The monoisotopic (exact) mass is 377 g/mol. The maximum Gasteiger partial charge on any atom is 0.0638 e. The van der Waals surface area contributed by atoms with Crippen LogP contribution in [0.4, 0.5) is 5.69 Å². The summed E-state index contributed by atoms with van der Waals surface area (Å²) >= 11 is 14.4. The Kier molecular flexibility index (Phi) is 4.54. The number of anilines is 1. The summed E-state index contributed by atoms with van der Waals surface area (Å²) in [7, 11) is 0. The highest BCUT2D eigenvalue weighted by molar-refractivity contribution is 14.1. The summed E-state index contributed by atoms with van der Waals surface area (Å²) in [4.78, 5) is 0. The fraction of sp³-hybridized carbons (Fsp3) is 0.0769. The molecule has 88 valence electrons. The van der Waals surface area contributed by atoms with Crippen LogP contribution in [0.5, 0.6) is 0 Å². The van der Waals surface area contributed by atoms with Gasteiger partial charge in [-0.15, -0.1) is 0 Å². The fourth-order valence-corrected chi connectivity index (χ4v) is 2.34. The van der Waals surface area contributed by atoms with Crippen molar-refractivity contribution in [2.75, 3.05) is 5.32 Å². The third kappa shape index (κ3) is 3.50. The minimum absolute atomic E-state index is 0.666. The average Bonchev–Trinajstić information content (AvgIpc) is 2.32. The molecule has 17 heavy (non-hydrogen) atoms. The van der Waals surface area contributed by atoms with Crippen molar-refractivity contribution >= 4 is 51.5 Å². The number of hydrogen-bond acceptors (Lipinski definition) is 1. The van der Waals surface area contributed by atoms with Gasteiger partial charge in [0.05, 0.1) is 10.7 Å². The highest BCUT2D eigenvalue weighted by Gasteiger charge is 2.02. The molecule has 0 atom stereocenters. The molecule has 0 amide bonds. The van der Waals surface area contributed by atoms with Gasteiger partial charge in [0.15, 0.2) is 0 Å². The number of benzene rings is 2.